The van der Waals surface area contributed by atoms with Gasteiger partial charge in [-0.25, -0.2) is 4.79 Å². The summed E-state index contributed by atoms with van der Waals surface area (Å²) in [6, 6.07) is 22.4. The summed E-state index contributed by atoms with van der Waals surface area (Å²) >= 11 is 0. The highest BCUT2D eigenvalue weighted by Gasteiger charge is 2.21. The highest BCUT2D eigenvalue weighted by atomic mass is 16.4. The molecule has 0 fully saturated rings. The van der Waals surface area contributed by atoms with Crippen LogP contribution in [0.1, 0.15) is 29.5 Å². The molecule has 1 atom stereocenters. The first-order chi connectivity index (χ1) is 15.5. The van der Waals surface area contributed by atoms with E-state index in [9.17, 15) is 9.59 Å². The number of aliphatic carboxylic acids is 1. The van der Waals surface area contributed by atoms with Crippen LogP contribution in [0.15, 0.2) is 66.7 Å². The van der Waals surface area contributed by atoms with Gasteiger partial charge >= 0.3 is 12.0 Å². The van der Waals surface area contributed by atoms with Gasteiger partial charge in [0.1, 0.15) is 0 Å². The van der Waals surface area contributed by atoms with Crippen molar-refractivity contribution in [3.63, 3.8) is 0 Å². The van der Waals surface area contributed by atoms with Crippen LogP contribution in [-0.2, 0) is 17.6 Å². The van der Waals surface area contributed by atoms with Crippen LogP contribution in [0, 0.1) is 17.2 Å². The monoisotopic (exact) mass is 425 g/mol. The van der Waals surface area contributed by atoms with E-state index >= 15 is 0 Å². The number of carboxylic acids is 1. The standard InChI is InChI=1S/C26H23N3O3/c27-16-18-2-1-3-24(13-18)29-26(32)28-23-10-8-19(9-11-23)21-7-6-20-12-17(14-25(30)31)4-5-22(20)15-21/h1-3,6-11,13,15,17H,4-5,12,14H2,(H,30,31)(H2,28,29,32). The molecule has 0 saturated heterocycles. The van der Waals surface area contributed by atoms with Gasteiger partial charge < -0.3 is 15.7 Å². The fraction of sp³-hybridized carbons (Fsp3) is 0.192. The number of nitrogens with zero attached hydrogens (tertiary/aromatic N) is 1. The van der Waals surface area contributed by atoms with E-state index in [1.807, 2.05) is 30.3 Å². The van der Waals surface area contributed by atoms with Crippen LogP contribution in [0.3, 0.4) is 0 Å². The van der Waals surface area contributed by atoms with E-state index in [0.29, 0.717) is 16.9 Å². The van der Waals surface area contributed by atoms with Gasteiger partial charge in [0.25, 0.3) is 0 Å². The van der Waals surface area contributed by atoms with Crippen LogP contribution in [0.2, 0.25) is 0 Å². The van der Waals surface area contributed by atoms with Crippen molar-refractivity contribution in [2.45, 2.75) is 25.7 Å². The van der Waals surface area contributed by atoms with Gasteiger partial charge in [-0.3, -0.25) is 4.79 Å². The predicted octanol–water partition coefficient (Wildman–Crippen LogP) is 5.45. The summed E-state index contributed by atoms with van der Waals surface area (Å²) in [5.41, 5.74) is 6.37. The summed E-state index contributed by atoms with van der Waals surface area (Å²) in [6.45, 7) is 0. The summed E-state index contributed by atoms with van der Waals surface area (Å²) in [5.74, 6) is -0.516. The second kappa shape index (κ2) is 9.36. The number of nitrogens with one attached hydrogen (secondary N) is 2. The Kier molecular flexibility index (Phi) is 6.18. The van der Waals surface area contributed by atoms with Gasteiger partial charge in [0.15, 0.2) is 0 Å². The number of rotatable bonds is 5. The number of nitriles is 1. The van der Waals surface area contributed by atoms with Crippen LogP contribution in [0.5, 0.6) is 0 Å². The van der Waals surface area contributed by atoms with Gasteiger partial charge in [-0.05, 0) is 77.8 Å². The Bertz CT molecular complexity index is 1200. The van der Waals surface area contributed by atoms with Crippen molar-refractivity contribution in [1.29, 1.82) is 5.26 Å². The quantitative estimate of drug-likeness (QED) is 0.506. The van der Waals surface area contributed by atoms with Crippen LogP contribution < -0.4 is 10.6 Å². The smallest absolute Gasteiger partial charge is 0.323 e. The maximum absolute atomic E-state index is 12.2. The Morgan fingerprint density at radius 1 is 0.938 bits per heavy atom. The number of urea groups is 1. The summed E-state index contributed by atoms with van der Waals surface area (Å²) in [6.07, 6.45) is 2.84. The number of carboxylic acid groups (broad SMARTS) is 1. The number of amides is 2. The number of hydrogen-bond donors (Lipinski definition) is 3. The second-order valence-electron chi connectivity index (χ2n) is 8.04. The van der Waals surface area contributed by atoms with Crippen LogP contribution in [0.25, 0.3) is 11.1 Å². The molecule has 0 aromatic heterocycles. The average Bonchev–Trinajstić information content (AvgIpc) is 2.79. The molecule has 6 heteroatoms. The zero-order valence-corrected chi connectivity index (χ0v) is 17.5. The van der Waals surface area contributed by atoms with Gasteiger partial charge in [-0.15, -0.1) is 0 Å². The normalized spacial score (nSPS) is 14.7. The second-order valence-corrected chi connectivity index (χ2v) is 8.04. The first-order valence-electron chi connectivity index (χ1n) is 10.5. The molecule has 0 aliphatic heterocycles. The maximum Gasteiger partial charge on any atom is 0.323 e. The van der Waals surface area contributed by atoms with Gasteiger partial charge in [0, 0.05) is 17.8 Å². The van der Waals surface area contributed by atoms with Crippen molar-refractivity contribution in [3.05, 3.63) is 83.4 Å². The summed E-state index contributed by atoms with van der Waals surface area (Å²) in [5, 5.41) is 23.5. The minimum Gasteiger partial charge on any atom is -0.481 e. The number of carbonyl (C=O) groups excluding carboxylic acids is 1. The summed E-state index contributed by atoms with van der Waals surface area (Å²) < 4.78 is 0. The van der Waals surface area contributed by atoms with E-state index in [1.54, 1.807) is 24.3 Å². The minimum absolute atomic E-state index is 0.213. The highest BCUT2D eigenvalue weighted by molar-refractivity contribution is 6.00. The lowest BCUT2D eigenvalue weighted by molar-refractivity contribution is -0.138. The van der Waals surface area contributed by atoms with E-state index in [4.69, 9.17) is 10.4 Å². The summed E-state index contributed by atoms with van der Waals surface area (Å²) in [7, 11) is 0. The minimum atomic E-state index is -0.729. The molecule has 0 radical (unpaired) electrons. The molecule has 3 aromatic carbocycles. The Morgan fingerprint density at radius 2 is 1.69 bits per heavy atom. The third-order valence-electron chi connectivity index (χ3n) is 5.73. The Labute approximate surface area is 186 Å². The molecule has 3 N–H and O–H groups in total. The van der Waals surface area contributed by atoms with Crippen LogP contribution in [0.4, 0.5) is 16.2 Å². The first kappa shape index (κ1) is 21.1. The highest BCUT2D eigenvalue weighted by Crippen LogP contribution is 2.31. The van der Waals surface area contributed by atoms with Crippen molar-refractivity contribution >= 4 is 23.4 Å². The van der Waals surface area contributed by atoms with E-state index in [2.05, 4.69) is 28.8 Å². The molecular formula is C26H23N3O3. The van der Waals surface area contributed by atoms with Gasteiger partial charge in [-0.1, -0.05) is 36.4 Å². The third kappa shape index (κ3) is 5.13. The molecule has 6 nitrogen and oxygen atoms in total. The van der Waals surface area contributed by atoms with Crippen LogP contribution in [-0.4, -0.2) is 17.1 Å². The number of carbonyl (C=O) groups is 2. The Balaban J connectivity index is 1.40. The first-order valence-corrected chi connectivity index (χ1v) is 10.5. The largest absolute Gasteiger partial charge is 0.481 e. The fourth-order valence-corrected chi connectivity index (χ4v) is 4.14. The number of aryl methyl sites for hydroxylation is 1. The lowest BCUT2D eigenvalue weighted by atomic mass is 9.81. The molecule has 0 saturated carbocycles. The Morgan fingerprint density at radius 3 is 2.44 bits per heavy atom. The molecule has 32 heavy (non-hydrogen) atoms. The van der Waals surface area contributed by atoms with Crippen molar-refractivity contribution in [1.82, 2.24) is 0 Å². The molecule has 1 aliphatic rings. The van der Waals surface area contributed by atoms with E-state index in [1.165, 1.54) is 11.1 Å². The molecule has 0 heterocycles. The van der Waals surface area contributed by atoms with E-state index in [0.717, 1.165) is 30.4 Å². The molecule has 0 bridgehead atoms. The molecule has 1 unspecified atom stereocenters. The molecule has 2 amide bonds. The zero-order valence-electron chi connectivity index (χ0n) is 17.5. The number of anilines is 2. The van der Waals surface area contributed by atoms with Gasteiger partial charge in [0.05, 0.1) is 11.6 Å². The van der Waals surface area contributed by atoms with E-state index in [-0.39, 0.29) is 18.4 Å². The lowest BCUT2D eigenvalue weighted by Gasteiger charge is -2.24. The lowest BCUT2D eigenvalue weighted by Crippen LogP contribution is -2.19. The third-order valence-corrected chi connectivity index (χ3v) is 5.73. The average molecular weight is 425 g/mol. The van der Waals surface area contributed by atoms with E-state index < -0.39 is 5.97 Å². The zero-order chi connectivity index (χ0) is 22.5. The van der Waals surface area contributed by atoms with Crippen molar-refractivity contribution in [2.75, 3.05) is 10.6 Å². The predicted molar refractivity (Wildman–Crippen MR) is 123 cm³/mol. The molecule has 4 rings (SSSR count). The number of benzene rings is 3. The Hall–Kier alpha value is -4.11. The van der Waals surface area contributed by atoms with Gasteiger partial charge in [0.2, 0.25) is 0 Å². The molecule has 1 aliphatic carbocycles. The molecular weight excluding hydrogens is 402 g/mol. The number of hydrogen-bond acceptors (Lipinski definition) is 3. The molecule has 3 aromatic rings. The van der Waals surface area contributed by atoms with Crippen LogP contribution >= 0.6 is 0 Å². The SMILES string of the molecule is N#Cc1cccc(NC(=O)Nc2ccc(-c3ccc4c(c3)CCC(CC(=O)O)C4)cc2)c1. The topological polar surface area (TPSA) is 102 Å². The summed E-state index contributed by atoms with van der Waals surface area (Å²) in [4.78, 5) is 23.2. The number of fused-ring (bicyclic) bond motifs is 1. The van der Waals surface area contributed by atoms with Crippen molar-refractivity contribution < 1.29 is 14.7 Å². The fourth-order valence-electron chi connectivity index (χ4n) is 4.14. The van der Waals surface area contributed by atoms with Crippen molar-refractivity contribution in [3.8, 4) is 17.2 Å². The van der Waals surface area contributed by atoms with Gasteiger partial charge in [-0.2, -0.15) is 5.26 Å². The molecule has 0 spiro atoms. The molecule has 160 valence electrons. The maximum atomic E-state index is 12.2. The van der Waals surface area contributed by atoms with Crippen molar-refractivity contribution in [2.24, 2.45) is 5.92 Å².